The lowest BCUT2D eigenvalue weighted by atomic mass is 10.1. The molecule has 1 aromatic carbocycles. The Labute approximate surface area is 109 Å². The molecule has 0 radical (unpaired) electrons. The van der Waals surface area contributed by atoms with Gasteiger partial charge in [0.25, 0.3) is 5.91 Å². The molecule has 4 heteroatoms. The van der Waals surface area contributed by atoms with Crippen molar-refractivity contribution in [1.29, 1.82) is 0 Å². The Kier molecular flexibility index (Phi) is 3.82. The van der Waals surface area contributed by atoms with Crippen LogP contribution in [0.4, 0.5) is 4.39 Å². The summed E-state index contributed by atoms with van der Waals surface area (Å²) in [7, 11) is 0. The first kappa shape index (κ1) is 12.6. The maximum atomic E-state index is 13.7. The maximum absolute atomic E-state index is 13.7. The fourth-order valence-corrected chi connectivity index (χ4v) is 2.88. The van der Waals surface area contributed by atoms with Crippen LogP contribution in [-0.2, 0) is 0 Å². The largest absolute Gasteiger partial charge is 0.336 e. The zero-order valence-corrected chi connectivity index (χ0v) is 11.3. The van der Waals surface area contributed by atoms with Crippen LogP contribution in [0, 0.1) is 5.82 Å². The van der Waals surface area contributed by atoms with Crippen LogP contribution in [0.2, 0.25) is 0 Å². The monoisotopic (exact) mass is 299 g/mol. The van der Waals surface area contributed by atoms with Crippen molar-refractivity contribution in [3.8, 4) is 0 Å². The minimum absolute atomic E-state index is 0.160. The molecule has 17 heavy (non-hydrogen) atoms. The SMILES string of the molecule is CCC1CCCN1C(=O)c1c(F)cccc1Br. The standard InChI is InChI=1S/C13H15BrFNO/c1-2-9-5-4-8-16(9)13(17)12-10(14)6-3-7-11(12)15/h3,6-7,9H,2,4-5,8H2,1H3. The summed E-state index contributed by atoms with van der Waals surface area (Å²) in [6.45, 7) is 2.80. The number of benzene rings is 1. The molecule has 1 heterocycles. The van der Waals surface area contributed by atoms with Crippen molar-refractivity contribution in [3.05, 3.63) is 34.1 Å². The molecule has 1 atom stereocenters. The molecular formula is C13H15BrFNO. The Hall–Kier alpha value is -0.900. The van der Waals surface area contributed by atoms with Crippen LogP contribution in [0.1, 0.15) is 36.5 Å². The van der Waals surface area contributed by atoms with E-state index in [9.17, 15) is 9.18 Å². The molecule has 2 nitrogen and oxygen atoms in total. The van der Waals surface area contributed by atoms with Gasteiger partial charge in [0, 0.05) is 17.1 Å². The second-order valence-corrected chi connectivity index (χ2v) is 5.15. The van der Waals surface area contributed by atoms with Crippen LogP contribution in [0.3, 0.4) is 0 Å². The van der Waals surface area contributed by atoms with Gasteiger partial charge in [-0.05, 0) is 47.3 Å². The molecular weight excluding hydrogens is 285 g/mol. The van der Waals surface area contributed by atoms with Gasteiger partial charge in [0.2, 0.25) is 0 Å². The molecule has 1 aromatic rings. The molecule has 0 spiro atoms. The van der Waals surface area contributed by atoms with Gasteiger partial charge < -0.3 is 4.90 Å². The fraction of sp³-hybridized carbons (Fsp3) is 0.462. The van der Waals surface area contributed by atoms with Crippen LogP contribution in [0.15, 0.2) is 22.7 Å². The summed E-state index contributed by atoms with van der Waals surface area (Å²) in [5.41, 5.74) is 0.160. The lowest BCUT2D eigenvalue weighted by molar-refractivity contribution is 0.0728. The number of amides is 1. The van der Waals surface area contributed by atoms with Gasteiger partial charge in [-0.1, -0.05) is 13.0 Å². The highest BCUT2D eigenvalue weighted by atomic mass is 79.9. The number of halogens is 2. The quantitative estimate of drug-likeness (QED) is 0.817. The minimum Gasteiger partial charge on any atom is -0.336 e. The predicted octanol–water partition coefficient (Wildman–Crippen LogP) is 3.60. The van der Waals surface area contributed by atoms with E-state index in [1.807, 2.05) is 0 Å². The maximum Gasteiger partial charge on any atom is 0.258 e. The number of rotatable bonds is 2. The molecule has 1 fully saturated rings. The van der Waals surface area contributed by atoms with Crippen LogP contribution in [0.5, 0.6) is 0 Å². The van der Waals surface area contributed by atoms with E-state index in [2.05, 4.69) is 22.9 Å². The van der Waals surface area contributed by atoms with E-state index < -0.39 is 5.82 Å². The van der Waals surface area contributed by atoms with Crippen molar-refractivity contribution in [2.45, 2.75) is 32.2 Å². The number of carbonyl (C=O) groups excluding carboxylic acids is 1. The van der Waals surface area contributed by atoms with Gasteiger partial charge >= 0.3 is 0 Å². The van der Waals surface area contributed by atoms with Gasteiger partial charge in [-0.2, -0.15) is 0 Å². The Morgan fingerprint density at radius 3 is 3.00 bits per heavy atom. The molecule has 0 aliphatic carbocycles. The first-order chi connectivity index (χ1) is 8.15. The number of hydrogen-bond donors (Lipinski definition) is 0. The lowest BCUT2D eigenvalue weighted by Crippen LogP contribution is -2.35. The third-order valence-corrected chi connectivity index (χ3v) is 3.95. The summed E-state index contributed by atoms with van der Waals surface area (Å²) in [6, 6.07) is 4.88. The van der Waals surface area contributed by atoms with Crippen molar-refractivity contribution in [2.24, 2.45) is 0 Å². The van der Waals surface area contributed by atoms with Gasteiger partial charge in [0.05, 0.1) is 5.56 Å². The summed E-state index contributed by atoms with van der Waals surface area (Å²) in [5.74, 6) is -0.648. The first-order valence-corrected chi connectivity index (χ1v) is 6.69. The van der Waals surface area contributed by atoms with Gasteiger partial charge in [-0.25, -0.2) is 4.39 Å². The highest BCUT2D eigenvalue weighted by Crippen LogP contribution is 2.26. The van der Waals surface area contributed by atoms with E-state index in [1.165, 1.54) is 6.07 Å². The number of likely N-dealkylation sites (tertiary alicyclic amines) is 1. The molecule has 1 amide bonds. The van der Waals surface area contributed by atoms with Crippen LogP contribution in [-0.4, -0.2) is 23.4 Å². The highest BCUT2D eigenvalue weighted by molar-refractivity contribution is 9.10. The van der Waals surface area contributed by atoms with Crippen molar-refractivity contribution in [2.75, 3.05) is 6.54 Å². The van der Waals surface area contributed by atoms with Gasteiger partial charge in [0.15, 0.2) is 0 Å². The highest BCUT2D eigenvalue weighted by Gasteiger charge is 2.30. The third kappa shape index (κ3) is 2.37. The Bertz CT molecular complexity index is 415. The predicted molar refractivity (Wildman–Crippen MR) is 68.4 cm³/mol. The second kappa shape index (κ2) is 5.17. The van der Waals surface area contributed by atoms with E-state index in [4.69, 9.17) is 0 Å². The molecule has 92 valence electrons. The van der Waals surface area contributed by atoms with Crippen molar-refractivity contribution in [3.63, 3.8) is 0 Å². The zero-order chi connectivity index (χ0) is 12.4. The Morgan fingerprint density at radius 1 is 1.59 bits per heavy atom. The summed E-state index contributed by atoms with van der Waals surface area (Å²) in [4.78, 5) is 14.1. The summed E-state index contributed by atoms with van der Waals surface area (Å²) in [6.07, 6.45) is 2.96. The molecule has 0 saturated carbocycles. The van der Waals surface area contributed by atoms with Crippen molar-refractivity contribution < 1.29 is 9.18 Å². The Balaban J connectivity index is 2.31. The summed E-state index contributed by atoms with van der Waals surface area (Å²) >= 11 is 3.25. The molecule has 1 aliphatic heterocycles. The molecule has 0 aromatic heterocycles. The van der Waals surface area contributed by atoms with E-state index in [0.29, 0.717) is 4.47 Å². The summed E-state index contributed by atoms with van der Waals surface area (Å²) < 4.78 is 14.2. The normalized spacial score (nSPS) is 19.7. The van der Waals surface area contributed by atoms with Crippen molar-refractivity contribution in [1.82, 2.24) is 4.90 Å². The zero-order valence-electron chi connectivity index (χ0n) is 9.75. The molecule has 0 N–H and O–H groups in total. The van der Waals surface area contributed by atoms with Crippen molar-refractivity contribution >= 4 is 21.8 Å². The number of carbonyl (C=O) groups is 1. The average molecular weight is 300 g/mol. The summed E-state index contributed by atoms with van der Waals surface area (Å²) in [5, 5.41) is 0. The minimum atomic E-state index is -0.453. The topological polar surface area (TPSA) is 20.3 Å². The molecule has 1 unspecified atom stereocenters. The third-order valence-electron chi connectivity index (χ3n) is 3.29. The van der Waals surface area contributed by atoms with E-state index >= 15 is 0 Å². The molecule has 2 rings (SSSR count). The smallest absolute Gasteiger partial charge is 0.258 e. The van der Waals surface area contributed by atoms with E-state index in [1.54, 1.807) is 17.0 Å². The lowest BCUT2D eigenvalue weighted by Gasteiger charge is -2.24. The molecule has 1 aliphatic rings. The van der Waals surface area contributed by atoms with E-state index in [-0.39, 0.29) is 17.5 Å². The van der Waals surface area contributed by atoms with Crippen LogP contribution in [0.25, 0.3) is 0 Å². The second-order valence-electron chi connectivity index (χ2n) is 4.30. The van der Waals surface area contributed by atoms with Crippen LogP contribution < -0.4 is 0 Å². The number of hydrogen-bond acceptors (Lipinski definition) is 1. The molecule has 0 bridgehead atoms. The Morgan fingerprint density at radius 2 is 2.35 bits per heavy atom. The molecule has 1 saturated heterocycles. The number of nitrogens with zero attached hydrogens (tertiary/aromatic N) is 1. The van der Waals surface area contributed by atoms with E-state index in [0.717, 1.165) is 25.8 Å². The van der Waals surface area contributed by atoms with Gasteiger partial charge in [-0.3, -0.25) is 4.79 Å². The first-order valence-electron chi connectivity index (χ1n) is 5.90. The van der Waals surface area contributed by atoms with Crippen LogP contribution >= 0.6 is 15.9 Å². The van der Waals surface area contributed by atoms with Gasteiger partial charge in [0.1, 0.15) is 5.82 Å². The van der Waals surface area contributed by atoms with Gasteiger partial charge in [-0.15, -0.1) is 0 Å². The fourth-order valence-electron chi connectivity index (χ4n) is 2.37. The average Bonchev–Trinajstić information content (AvgIpc) is 2.76.